The number of ether oxygens (including phenoxy) is 1. The fraction of sp³-hybridized carbons (Fsp3) is 0.200. The zero-order valence-electron chi connectivity index (χ0n) is 13.9. The zero-order valence-corrected chi connectivity index (χ0v) is 13.9. The van der Waals surface area contributed by atoms with Crippen molar-refractivity contribution in [3.05, 3.63) is 66.7 Å². The van der Waals surface area contributed by atoms with Crippen LogP contribution in [0.2, 0.25) is 0 Å². The van der Waals surface area contributed by atoms with E-state index < -0.39 is 0 Å². The normalized spacial score (nSPS) is 14.3. The largest absolute Gasteiger partial charge is 0.378 e. The van der Waals surface area contributed by atoms with Gasteiger partial charge in [-0.1, -0.05) is 48.5 Å². The smallest absolute Gasteiger partial charge is 0.228 e. The summed E-state index contributed by atoms with van der Waals surface area (Å²) in [6, 6.07) is 22.2. The molecule has 0 atom stereocenters. The zero-order chi connectivity index (χ0) is 16.9. The van der Waals surface area contributed by atoms with Gasteiger partial charge in [-0.3, -0.25) is 0 Å². The van der Waals surface area contributed by atoms with Crippen molar-refractivity contribution in [2.24, 2.45) is 0 Å². The average molecular weight is 332 g/mol. The molecule has 0 saturated carbocycles. The van der Waals surface area contributed by atoms with Gasteiger partial charge in [-0.2, -0.15) is 4.98 Å². The Balaban J connectivity index is 1.72. The van der Waals surface area contributed by atoms with E-state index in [9.17, 15) is 0 Å². The molecule has 3 aromatic rings. The monoisotopic (exact) mass is 332 g/mol. The lowest BCUT2D eigenvalue weighted by Crippen LogP contribution is -2.37. The van der Waals surface area contributed by atoms with Crippen LogP contribution >= 0.6 is 0 Å². The van der Waals surface area contributed by atoms with Gasteiger partial charge >= 0.3 is 0 Å². The van der Waals surface area contributed by atoms with Gasteiger partial charge in [-0.05, 0) is 12.1 Å². The molecule has 2 heterocycles. The third kappa shape index (κ3) is 3.78. The number of morpholine rings is 1. The van der Waals surface area contributed by atoms with Crippen LogP contribution < -0.4 is 10.2 Å². The molecule has 1 N–H and O–H groups in total. The molecule has 0 radical (unpaired) electrons. The van der Waals surface area contributed by atoms with Crippen molar-refractivity contribution in [1.29, 1.82) is 0 Å². The van der Waals surface area contributed by atoms with E-state index in [-0.39, 0.29) is 0 Å². The molecule has 1 aliphatic rings. The first-order valence-corrected chi connectivity index (χ1v) is 8.48. The van der Waals surface area contributed by atoms with Crippen LogP contribution in [0.5, 0.6) is 0 Å². The van der Waals surface area contributed by atoms with E-state index in [1.54, 1.807) is 0 Å². The number of rotatable bonds is 4. The summed E-state index contributed by atoms with van der Waals surface area (Å²) in [6.45, 7) is 3.03. The molecule has 1 aromatic heterocycles. The quantitative estimate of drug-likeness (QED) is 0.789. The van der Waals surface area contributed by atoms with E-state index in [0.29, 0.717) is 13.2 Å². The first-order valence-electron chi connectivity index (χ1n) is 8.48. The minimum Gasteiger partial charge on any atom is -0.378 e. The van der Waals surface area contributed by atoms with E-state index in [1.807, 2.05) is 54.6 Å². The highest BCUT2D eigenvalue weighted by atomic mass is 16.5. The van der Waals surface area contributed by atoms with Gasteiger partial charge in [-0.15, -0.1) is 0 Å². The van der Waals surface area contributed by atoms with Crippen molar-refractivity contribution < 1.29 is 4.74 Å². The highest BCUT2D eigenvalue weighted by Crippen LogP contribution is 2.25. The van der Waals surface area contributed by atoms with Gasteiger partial charge in [0.1, 0.15) is 5.82 Å². The maximum Gasteiger partial charge on any atom is 0.228 e. The Morgan fingerprint density at radius 3 is 2.24 bits per heavy atom. The van der Waals surface area contributed by atoms with Crippen molar-refractivity contribution in [1.82, 2.24) is 9.97 Å². The molecule has 4 rings (SSSR count). The van der Waals surface area contributed by atoms with Crippen LogP contribution in [0.25, 0.3) is 11.3 Å². The van der Waals surface area contributed by atoms with Crippen LogP contribution in [-0.2, 0) is 4.74 Å². The summed E-state index contributed by atoms with van der Waals surface area (Å²) in [4.78, 5) is 11.7. The summed E-state index contributed by atoms with van der Waals surface area (Å²) >= 11 is 0. The molecule has 1 saturated heterocycles. The minimum atomic E-state index is 0.709. The van der Waals surface area contributed by atoms with Gasteiger partial charge < -0.3 is 15.0 Å². The summed E-state index contributed by atoms with van der Waals surface area (Å²) in [6.07, 6.45) is 0. The molecule has 1 fully saturated rings. The molecule has 0 amide bonds. The average Bonchev–Trinajstić information content (AvgIpc) is 2.70. The molecular weight excluding hydrogens is 312 g/mol. The van der Waals surface area contributed by atoms with Crippen LogP contribution in [-0.4, -0.2) is 36.3 Å². The maximum atomic E-state index is 5.45. The van der Waals surface area contributed by atoms with Crippen molar-refractivity contribution in [2.75, 3.05) is 36.5 Å². The predicted molar refractivity (Wildman–Crippen MR) is 100 cm³/mol. The summed E-state index contributed by atoms with van der Waals surface area (Å²) in [5, 5.41) is 3.38. The van der Waals surface area contributed by atoms with Crippen LogP contribution in [0.1, 0.15) is 0 Å². The number of benzene rings is 2. The van der Waals surface area contributed by atoms with Gasteiger partial charge in [0.25, 0.3) is 0 Å². The second kappa shape index (κ2) is 7.32. The summed E-state index contributed by atoms with van der Waals surface area (Å²) in [7, 11) is 0. The summed E-state index contributed by atoms with van der Waals surface area (Å²) in [5.74, 6) is 1.53. The lowest BCUT2D eigenvalue weighted by atomic mass is 10.1. The topological polar surface area (TPSA) is 50.3 Å². The number of nitrogens with zero attached hydrogens (tertiary/aromatic N) is 3. The standard InChI is InChI=1S/C20H20N4O/c1-3-7-16(8-4-1)18-15-19(21-17-9-5-2-6-10-17)23-20(22-18)24-11-13-25-14-12-24/h1-10,15H,11-14H2,(H,21,22,23). The third-order valence-electron chi connectivity index (χ3n) is 4.12. The fourth-order valence-electron chi connectivity index (χ4n) is 2.83. The van der Waals surface area contributed by atoms with Crippen molar-refractivity contribution >= 4 is 17.5 Å². The Morgan fingerprint density at radius 2 is 1.52 bits per heavy atom. The lowest BCUT2D eigenvalue weighted by Gasteiger charge is -2.27. The van der Waals surface area contributed by atoms with E-state index in [2.05, 4.69) is 22.3 Å². The fourth-order valence-corrected chi connectivity index (χ4v) is 2.83. The third-order valence-corrected chi connectivity index (χ3v) is 4.12. The van der Waals surface area contributed by atoms with Gasteiger partial charge in [0, 0.05) is 30.4 Å². The number of aromatic nitrogens is 2. The highest BCUT2D eigenvalue weighted by molar-refractivity contribution is 5.67. The molecule has 126 valence electrons. The van der Waals surface area contributed by atoms with Crippen molar-refractivity contribution in [3.63, 3.8) is 0 Å². The Bertz CT molecular complexity index is 818. The second-order valence-corrected chi connectivity index (χ2v) is 5.89. The SMILES string of the molecule is c1ccc(Nc2cc(-c3ccccc3)nc(N3CCOCC3)n2)cc1. The number of hydrogen-bond donors (Lipinski definition) is 1. The van der Waals surface area contributed by atoms with E-state index >= 15 is 0 Å². The second-order valence-electron chi connectivity index (χ2n) is 5.89. The molecule has 25 heavy (non-hydrogen) atoms. The number of nitrogens with one attached hydrogen (secondary N) is 1. The van der Waals surface area contributed by atoms with Gasteiger partial charge in [0.05, 0.1) is 18.9 Å². The molecule has 5 nitrogen and oxygen atoms in total. The molecule has 0 spiro atoms. The summed E-state index contributed by atoms with van der Waals surface area (Å²) in [5.41, 5.74) is 3.00. The Hall–Kier alpha value is -2.92. The van der Waals surface area contributed by atoms with Crippen LogP contribution in [0, 0.1) is 0 Å². The molecular formula is C20H20N4O. The van der Waals surface area contributed by atoms with Crippen molar-refractivity contribution in [2.45, 2.75) is 0 Å². The van der Waals surface area contributed by atoms with Crippen LogP contribution in [0.4, 0.5) is 17.5 Å². The van der Waals surface area contributed by atoms with Crippen molar-refractivity contribution in [3.8, 4) is 11.3 Å². The first kappa shape index (κ1) is 15.6. The predicted octanol–water partition coefficient (Wildman–Crippen LogP) is 3.72. The molecule has 5 heteroatoms. The van der Waals surface area contributed by atoms with E-state index in [1.165, 1.54) is 0 Å². The minimum absolute atomic E-state index is 0.709. The lowest BCUT2D eigenvalue weighted by molar-refractivity contribution is 0.122. The van der Waals surface area contributed by atoms with Crippen LogP contribution in [0.3, 0.4) is 0 Å². The van der Waals surface area contributed by atoms with Crippen LogP contribution in [0.15, 0.2) is 66.7 Å². The molecule has 1 aliphatic heterocycles. The number of hydrogen-bond acceptors (Lipinski definition) is 5. The number of para-hydroxylation sites is 1. The highest BCUT2D eigenvalue weighted by Gasteiger charge is 2.16. The Labute approximate surface area is 147 Å². The van der Waals surface area contributed by atoms with E-state index in [4.69, 9.17) is 14.7 Å². The van der Waals surface area contributed by atoms with Gasteiger partial charge in [-0.25, -0.2) is 4.98 Å². The first-order chi connectivity index (χ1) is 12.4. The Kier molecular flexibility index (Phi) is 4.57. The molecule has 0 bridgehead atoms. The summed E-state index contributed by atoms with van der Waals surface area (Å²) < 4.78 is 5.45. The molecule has 0 unspecified atom stereocenters. The van der Waals surface area contributed by atoms with E-state index in [0.717, 1.165) is 41.8 Å². The van der Waals surface area contributed by atoms with Gasteiger partial charge in [0.15, 0.2) is 0 Å². The van der Waals surface area contributed by atoms with Gasteiger partial charge in [0.2, 0.25) is 5.95 Å². The maximum absolute atomic E-state index is 5.45. The Morgan fingerprint density at radius 1 is 0.840 bits per heavy atom. The number of anilines is 3. The molecule has 0 aliphatic carbocycles. The molecule has 2 aromatic carbocycles.